The van der Waals surface area contributed by atoms with Gasteiger partial charge < -0.3 is 12.9 Å². The van der Waals surface area contributed by atoms with Crippen molar-refractivity contribution in [3.8, 4) is 0 Å². The first-order chi connectivity index (χ1) is 7.09. The average molecular weight is 284 g/mol. The first-order valence-electron chi connectivity index (χ1n) is 4.16. The molecule has 0 N–H and O–H groups in total. The zero-order valence-electron chi connectivity index (χ0n) is 8.66. The quantitative estimate of drug-likeness (QED) is 0.556. The van der Waals surface area contributed by atoms with Crippen LogP contribution in [0.4, 0.5) is 30.5 Å². The Kier molecular flexibility index (Phi) is 6.20. The molecule has 9 heteroatoms. The predicted molar refractivity (Wildman–Crippen MR) is 44.2 cm³/mol. The summed E-state index contributed by atoms with van der Waals surface area (Å²) in [5.41, 5.74) is -2.08. The summed E-state index contributed by atoms with van der Waals surface area (Å²) in [6.07, 6.45) is -6.29. The molecule has 1 rings (SSSR count). The summed E-state index contributed by atoms with van der Waals surface area (Å²) in [6.45, 7) is -5.26. The summed E-state index contributed by atoms with van der Waals surface area (Å²) >= 11 is 0. The van der Waals surface area contributed by atoms with Gasteiger partial charge in [-0.3, -0.25) is 0 Å². The summed E-state index contributed by atoms with van der Waals surface area (Å²) < 4.78 is 84.9. The average Bonchev–Trinajstić information content (AvgIpc) is 2.04. The molecule has 1 aromatic carbocycles. The fraction of sp³-hybridized carbons (Fsp3) is 0.250. The van der Waals surface area contributed by atoms with Crippen LogP contribution in [0.15, 0.2) is 18.2 Å². The minimum Gasteiger partial charge on any atom is -0.449 e. The van der Waals surface area contributed by atoms with Crippen molar-refractivity contribution in [3.63, 3.8) is 0 Å². The van der Waals surface area contributed by atoms with Gasteiger partial charge in [0, 0.05) is 0 Å². The maximum Gasteiger partial charge on any atom is 1.00 e. The second kappa shape index (κ2) is 6.05. The molecular weight excluding hydrogens is 279 g/mol. The van der Waals surface area contributed by atoms with Crippen molar-refractivity contribution in [1.29, 1.82) is 0 Å². The van der Waals surface area contributed by atoms with Crippen LogP contribution < -0.4 is 51.4 Å². The Morgan fingerprint density at radius 3 is 1.94 bits per heavy atom. The molecule has 0 radical (unpaired) electrons. The molecule has 0 aliphatic rings. The molecule has 0 aliphatic heterocycles. The normalized spacial score (nSPS) is 12.2. The number of hydrogen-bond donors (Lipinski definition) is 0. The molecule has 0 saturated heterocycles. The molecule has 0 amide bonds. The molecule has 0 unspecified atom stereocenters. The summed E-state index contributed by atoms with van der Waals surface area (Å²) in [7, 11) is 0. The van der Waals surface area contributed by atoms with Crippen LogP contribution in [-0.4, -0.2) is 6.98 Å². The predicted octanol–water partition coefficient (Wildman–Crippen LogP) is 0.778. The topological polar surface area (TPSA) is 0 Å². The largest absolute Gasteiger partial charge is 1.00 e. The fourth-order valence-electron chi connectivity index (χ4n) is 1.14. The molecule has 0 aromatic heterocycles. The van der Waals surface area contributed by atoms with Crippen LogP contribution in [-0.2, 0) is 12.5 Å². The number of alkyl halides is 3. The van der Waals surface area contributed by atoms with Crippen LogP contribution in [0.25, 0.3) is 0 Å². The number of halogens is 7. The van der Waals surface area contributed by atoms with Crippen LogP contribution in [0.2, 0.25) is 0 Å². The van der Waals surface area contributed by atoms with Crippen LogP contribution >= 0.6 is 0 Å². The van der Waals surface area contributed by atoms with Crippen LogP contribution in [0, 0.1) is 5.82 Å². The molecule has 0 aliphatic carbocycles. The van der Waals surface area contributed by atoms with Gasteiger partial charge in [0.1, 0.15) is 5.82 Å². The molecule has 0 heterocycles. The van der Waals surface area contributed by atoms with Gasteiger partial charge in [-0.05, 0) is 17.7 Å². The second-order valence-corrected chi connectivity index (χ2v) is 3.22. The van der Waals surface area contributed by atoms with Gasteiger partial charge in [0.2, 0.25) is 0 Å². The van der Waals surface area contributed by atoms with Crippen LogP contribution in [0.1, 0.15) is 11.1 Å². The zero-order valence-corrected chi connectivity index (χ0v) is 11.8. The van der Waals surface area contributed by atoms with Crippen molar-refractivity contribution < 1.29 is 81.9 Å². The third-order valence-electron chi connectivity index (χ3n) is 1.83. The van der Waals surface area contributed by atoms with Crippen molar-refractivity contribution in [3.05, 3.63) is 35.1 Å². The molecule has 0 spiro atoms. The first kappa shape index (κ1) is 17.4. The molecule has 1 aromatic rings. The summed E-state index contributed by atoms with van der Waals surface area (Å²) in [6, 6.07) is 1.00. The van der Waals surface area contributed by atoms with Gasteiger partial charge in [0.05, 0.1) is 5.56 Å². The van der Waals surface area contributed by atoms with Crippen molar-refractivity contribution in [1.82, 2.24) is 0 Å². The maximum atomic E-state index is 12.9. The van der Waals surface area contributed by atoms with Crippen LogP contribution in [0.5, 0.6) is 0 Å². The Hall–Kier alpha value is 0.431. The van der Waals surface area contributed by atoms with Gasteiger partial charge in [0.15, 0.2) is 0 Å². The molecule has 0 saturated carbocycles. The minimum absolute atomic E-state index is 0. The van der Waals surface area contributed by atoms with E-state index in [4.69, 9.17) is 0 Å². The van der Waals surface area contributed by atoms with E-state index in [-0.39, 0.29) is 57.5 Å². The smallest absolute Gasteiger partial charge is 0.449 e. The Morgan fingerprint density at radius 1 is 1.06 bits per heavy atom. The number of benzene rings is 1. The molecule has 0 fully saturated rings. The third-order valence-corrected chi connectivity index (χ3v) is 1.83. The molecule has 0 nitrogen and oxygen atoms in total. The Bertz CT molecular complexity index is 384. The van der Waals surface area contributed by atoms with E-state index in [2.05, 4.69) is 0 Å². The maximum absolute atomic E-state index is 12.9. The van der Waals surface area contributed by atoms with Gasteiger partial charge in [-0.2, -0.15) is 13.2 Å². The third kappa shape index (κ3) is 5.73. The first-order valence-corrected chi connectivity index (χ1v) is 4.16. The second-order valence-electron chi connectivity index (χ2n) is 3.22. The number of hydrogen-bond acceptors (Lipinski definition) is 0. The molecule has 17 heavy (non-hydrogen) atoms. The van der Waals surface area contributed by atoms with Gasteiger partial charge in [-0.15, -0.1) is 0 Å². The van der Waals surface area contributed by atoms with E-state index in [1.807, 2.05) is 0 Å². The van der Waals surface area contributed by atoms with Gasteiger partial charge in [-0.1, -0.05) is 12.4 Å². The fourth-order valence-corrected chi connectivity index (χ4v) is 1.14. The summed E-state index contributed by atoms with van der Waals surface area (Å²) in [5.74, 6) is -1.49. The summed E-state index contributed by atoms with van der Waals surface area (Å²) in [4.78, 5) is 0. The molecular formula is C8H5BF7K. The molecule has 0 atom stereocenters. The van der Waals surface area contributed by atoms with E-state index in [1.54, 1.807) is 0 Å². The zero-order chi connectivity index (χ0) is 12.6. The van der Waals surface area contributed by atoms with Crippen molar-refractivity contribution >= 4 is 6.98 Å². The van der Waals surface area contributed by atoms with Crippen molar-refractivity contribution in [2.24, 2.45) is 0 Å². The van der Waals surface area contributed by atoms with E-state index in [0.29, 0.717) is 12.1 Å². The monoisotopic (exact) mass is 284 g/mol. The Morgan fingerprint density at radius 2 is 1.59 bits per heavy atom. The van der Waals surface area contributed by atoms with Gasteiger partial charge in [-0.25, -0.2) is 4.39 Å². The van der Waals surface area contributed by atoms with Crippen LogP contribution in [0.3, 0.4) is 0 Å². The molecule has 0 bridgehead atoms. The van der Waals surface area contributed by atoms with E-state index in [0.717, 1.165) is 0 Å². The van der Waals surface area contributed by atoms with E-state index in [1.165, 1.54) is 0 Å². The van der Waals surface area contributed by atoms with E-state index in [9.17, 15) is 30.5 Å². The van der Waals surface area contributed by atoms with Gasteiger partial charge >= 0.3 is 64.5 Å². The van der Waals surface area contributed by atoms with Crippen molar-refractivity contribution in [2.75, 3.05) is 0 Å². The van der Waals surface area contributed by atoms with Crippen molar-refractivity contribution in [2.45, 2.75) is 12.5 Å². The van der Waals surface area contributed by atoms with Gasteiger partial charge in [0.25, 0.3) is 0 Å². The SMILES string of the molecule is Fc1cc(C(F)(F)F)ccc1C[B-](F)(F)F.[K+]. The van der Waals surface area contributed by atoms with E-state index >= 15 is 0 Å². The number of rotatable bonds is 2. The minimum atomic E-state index is -5.26. The van der Waals surface area contributed by atoms with E-state index < -0.39 is 36.4 Å². The molecule has 90 valence electrons. The standard InChI is InChI=1S/C8H5BF7.K/c10-7-3-6(8(11,12)13)2-1-5(7)4-9(14,15)16;/h1-3H,4H2;/q-1;+1. The Balaban J connectivity index is 0.00000256. The Labute approximate surface area is 135 Å². The summed E-state index contributed by atoms with van der Waals surface area (Å²) in [5, 5.41) is 0.